The smallest absolute Gasteiger partial charge is 0.0619 e. The molecule has 1 rings (SSSR count). The van der Waals surface area contributed by atoms with Crippen LogP contribution in [0.3, 0.4) is 0 Å². The van der Waals surface area contributed by atoms with Gasteiger partial charge in [-0.3, -0.25) is 4.90 Å². The minimum Gasteiger partial charge on any atom is -0.380 e. The van der Waals surface area contributed by atoms with Crippen LogP contribution < -0.4 is 5.73 Å². The van der Waals surface area contributed by atoms with Gasteiger partial charge < -0.3 is 10.5 Å². The van der Waals surface area contributed by atoms with E-state index in [1.54, 1.807) is 0 Å². The van der Waals surface area contributed by atoms with E-state index in [2.05, 4.69) is 18.7 Å². The van der Waals surface area contributed by atoms with E-state index in [1.165, 1.54) is 25.8 Å². The normalized spacial score (nSPS) is 25.4. The topological polar surface area (TPSA) is 38.5 Å². The Morgan fingerprint density at radius 2 is 2.27 bits per heavy atom. The second-order valence-electron chi connectivity index (χ2n) is 4.47. The van der Waals surface area contributed by atoms with Gasteiger partial charge in [0.25, 0.3) is 0 Å². The first-order chi connectivity index (χ1) is 7.29. The molecule has 1 aliphatic rings. The quantitative estimate of drug-likeness (QED) is 0.730. The van der Waals surface area contributed by atoms with Crippen molar-refractivity contribution in [3.63, 3.8) is 0 Å². The minimum atomic E-state index is 0.543. The van der Waals surface area contributed by atoms with E-state index in [-0.39, 0.29) is 0 Å². The molecule has 2 N–H and O–H groups in total. The van der Waals surface area contributed by atoms with Crippen molar-refractivity contribution >= 4 is 0 Å². The molecule has 0 aromatic carbocycles. The van der Waals surface area contributed by atoms with Crippen LogP contribution in [0.15, 0.2) is 0 Å². The Morgan fingerprint density at radius 1 is 1.47 bits per heavy atom. The van der Waals surface area contributed by atoms with Crippen LogP contribution in [0.25, 0.3) is 0 Å². The first kappa shape index (κ1) is 12.9. The van der Waals surface area contributed by atoms with Gasteiger partial charge in [0.15, 0.2) is 0 Å². The summed E-state index contributed by atoms with van der Waals surface area (Å²) in [4.78, 5) is 2.59. The molecule has 0 saturated carbocycles. The van der Waals surface area contributed by atoms with Crippen LogP contribution in [0, 0.1) is 0 Å². The summed E-state index contributed by atoms with van der Waals surface area (Å²) in [5.74, 6) is 0. The number of rotatable bonds is 6. The summed E-state index contributed by atoms with van der Waals surface area (Å²) in [6.45, 7) is 8.03. The van der Waals surface area contributed by atoms with Crippen molar-refractivity contribution in [1.29, 1.82) is 0 Å². The number of hydrogen-bond donors (Lipinski definition) is 1. The maximum absolute atomic E-state index is 5.66. The molecule has 1 saturated heterocycles. The van der Waals surface area contributed by atoms with E-state index in [4.69, 9.17) is 10.5 Å². The van der Waals surface area contributed by atoms with Gasteiger partial charge in [0.1, 0.15) is 0 Å². The van der Waals surface area contributed by atoms with E-state index in [0.717, 1.165) is 26.2 Å². The van der Waals surface area contributed by atoms with Gasteiger partial charge in [0, 0.05) is 18.7 Å². The van der Waals surface area contributed by atoms with Crippen LogP contribution in [0.2, 0.25) is 0 Å². The zero-order chi connectivity index (χ0) is 11.1. The lowest BCUT2D eigenvalue weighted by molar-refractivity contribution is 0.0324. The molecule has 0 radical (unpaired) electrons. The predicted octanol–water partition coefficient (Wildman–Crippen LogP) is 1.61. The molecule has 3 nitrogen and oxygen atoms in total. The molecule has 0 aromatic rings. The molecule has 2 unspecified atom stereocenters. The van der Waals surface area contributed by atoms with Crippen LogP contribution in [0.1, 0.15) is 39.5 Å². The highest BCUT2D eigenvalue weighted by molar-refractivity contribution is 4.81. The van der Waals surface area contributed by atoms with E-state index in [1.807, 2.05) is 0 Å². The predicted molar refractivity (Wildman–Crippen MR) is 64.0 cm³/mol. The van der Waals surface area contributed by atoms with Gasteiger partial charge >= 0.3 is 0 Å². The third-order valence-corrected chi connectivity index (χ3v) is 3.30. The Morgan fingerprint density at radius 3 is 2.93 bits per heavy atom. The largest absolute Gasteiger partial charge is 0.380 e. The lowest BCUT2D eigenvalue weighted by Gasteiger charge is -2.39. The third-order valence-electron chi connectivity index (χ3n) is 3.30. The second kappa shape index (κ2) is 7.20. The molecule has 3 heteroatoms. The van der Waals surface area contributed by atoms with E-state index >= 15 is 0 Å². The highest BCUT2D eigenvalue weighted by Gasteiger charge is 2.25. The van der Waals surface area contributed by atoms with Gasteiger partial charge in [-0.1, -0.05) is 6.42 Å². The maximum Gasteiger partial charge on any atom is 0.0619 e. The van der Waals surface area contributed by atoms with Crippen LogP contribution in [0.4, 0.5) is 0 Å². The molecule has 1 fully saturated rings. The standard InChI is InChI=1S/C12H26N2O/c1-3-15-10-11(2)14-9-5-4-6-12(14)7-8-13/h11-12H,3-10,13H2,1-2H3. The summed E-state index contributed by atoms with van der Waals surface area (Å²) in [7, 11) is 0. The Labute approximate surface area is 94.0 Å². The molecule has 2 atom stereocenters. The molecule has 0 amide bonds. The van der Waals surface area contributed by atoms with Crippen molar-refractivity contribution in [2.75, 3.05) is 26.3 Å². The van der Waals surface area contributed by atoms with Crippen LogP contribution in [-0.2, 0) is 4.74 Å². The van der Waals surface area contributed by atoms with Crippen molar-refractivity contribution < 1.29 is 4.74 Å². The Kier molecular flexibility index (Phi) is 6.22. The summed E-state index contributed by atoms with van der Waals surface area (Å²) in [6, 6.07) is 1.24. The number of ether oxygens (including phenoxy) is 1. The fourth-order valence-corrected chi connectivity index (χ4v) is 2.49. The average Bonchev–Trinajstić information content (AvgIpc) is 2.27. The van der Waals surface area contributed by atoms with Crippen LogP contribution >= 0.6 is 0 Å². The number of nitrogens with two attached hydrogens (primary N) is 1. The molecule has 1 heterocycles. The molecule has 0 aromatic heterocycles. The lowest BCUT2D eigenvalue weighted by Crippen LogP contribution is -2.47. The number of likely N-dealkylation sites (tertiary alicyclic amines) is 1. The monoisotopic (exact) mass is 214 g/mol. The van der Waals surface area contributed by atoms with Gasteiger partial charge in [0.2, 0.25) is 0 Å². The summed E-state index contributed by atoms with van der Waals surface area (Å²) >= 11 is 0. The first-order valence-corrected chi connectivity index (χ1v) is 6.33. The molecule has 0 bridgehead atoms. The average molecular weight is 214 g/mol. The third kappa shape index (κ3) is 4.09. The van der Waals surface area contributed by atoms with Crippen molar-refractivity contribution in [1.82, 2.24) is 4.90 Å². The van der Waals surface area contributed by atoms with Gasteiger partial charge in [0.05, 0.1) is 6.61 Å². The Balaban J connectivity index is 2.39. The second-order valence-corrected chi connectivity index (χ2v) is 4.47. The zero-order valence-electron chi connectivity index (χ0n) is 10.2. The molecule has 90 valence electrons. The highest BCUT2D eigenvalue weighted by Crippen LogP contribution is 2.21. The van der Waals surface area contributed by atoms with E-state index in [0.29, 0.717) is 12.1 Å². The lowest BCUT2D eigenvalue weighted by atomic mass is 9.97. The number of nitrogens with zero attached hydrogens (tertiary/aromatic N) is 1. The van der Waals surface area contributed by atoms with Crippen LogP contribution in [-0.4, -0.2) is 43.3 Å². The fraction of sp³-hybridized carbons (Fsp3) is 1.00. The molecular formula is C12H26N2O. The fourth-order valence-electron chi connectivity index (χ4n) is 2.49. The van der Waals surface area contributed by atoms with Gasteiger partial charge in [-0.05, 0) is 46.2 Å². The minimum absolute atomic E-state index is 0.543. The molecular weight excluding hydrogens is 188 g/mol. The van der Waals surface area contributed by atoms with Crippen molar-refractivity contribution in [3.8, 4) is 0 Å². The first-order valence-electron chi connectivity index (χ1n) is 6.33. The SMILES string of the molecule is CCOCC(C)N1CCCCC1CCN. The van der Waals surface area contributed by atoms with Crippen molar-refractivity contribution in [3.05, 3.63) is 0 Å². The van der Waals surface area contributed by atoms with Crippen LogP contribution in [0.5, 0.6) is 0 Å². The van der Waals surface area contributed by atoms with E-state index in [9.17, 15) is 0 Å². The molecule has 0 aliphatic carbocycles. The van der Waals surface area contributed by atoms with Crippen molar-refractivity contribution in [2.24, 2.45) is 5.73 Å². The summed E-state index contributed by atoms with van der Waals surface area (Å²) in [5.41, 5.74) is 5.66. The molecule has 1 aliphatic heterocycles. The number of hydrogen-bond acceptors (Lipinski definition) is 3. The van der Waals surface area contributed by atoms with Crippen molar-refractivity contribution in [2.45, 2.75) is 51.6 Å². The van der Waals surface area contributed by atoms with Gasteiger partial charge in [-0.25, -0.2) is 0 Å². The summed E-state index contributed by atoms with van der Waals surface area (Å²) < 4.78 is 5.50. The summed E-state index contributed by atoms with van der Waals surface area (Å²) in [5, 5.41) is 0. The molecule has 0 spiro atoms. The highest BCUT2D eigenvalue weighted by atomic mass is 16.5. The number of piperidine rings is 1. The van der Waals surface area contributed by atoms with E-state index < -0.39 is 0 Å². The summed E-state index contributed by atoms with van der Waals surface area (Å²) in [6.07, 6.45) is 5.14. The Bertz CT molecular complexity index is 162. The van der Waals surface area contributed by atoms with Gasteiger partial charge in [-0.2, -0.15) is 0 Å². The maximum atomic E-state index is 5.66. The van der Waals surface area contributed by atoms with Gasteiger partial charge in [-0.15, -0.1) is 0 Å². The molecule has 15 heavy (non-hydrogen) atoms. The Hall–Kier alpha value is -0.120. The zero-order valence-corrected chi connectivity index (χ0v) is 10.2.